The Kier molecular flexibility index (Phi) is 4.77. The van der Waals surface area contributed by atoms with E-state index in [1.54, 1.807) is 13.1 Å². The molecular weight excluding hydrogens is 398 g/mol. The highest BCUT2D eigenvalue weighted by Crippen LogP contribution is 2.19. The minimum atomic E-state index is -0.208. The summed E-state index contributed by atoms with van der Waals surface area (Å²) in [4.78, 5) is 17.8. The zero-order valence-electron chi connectivity index (χ0n) is 17.3. The minimum absolute atomic E-state index is 0.208. The first-order valence-electron chi connectivity index (χ1n) is 10.2. The number of hydrogen-bond acceptors (Lipinski definition) is 5. The summed E-state index contributed by atoms with van der Waals surface area (Å²) in [5.74, 6) is 0. The van der Waals surface area contributed by atoms with Gasteiger partial charge in [0.2, 0.25) is 0 Å². The Hall–Kier alpha value is -4.63. The third-order valence-electron chi connectivity index (χ3n) is 5.44. The van der Waals surface area contributed by atoms with Crippen molar-refractivity contribution >= 4 is 39.9 Å². The SMILES string of the molecule is Cc1c(C#N)c2nc3ccccc3n2c(=O)c1=CNc1ccc(Nc2ccccc2)cc1. The van der Waals surface area contributed by atoms with Crippen LogP contribution in [-0.2, 0) is 0 Å². The van der Waals surface area contributed by atoms with Gasteiger partial charge in [-0.3, -0.25) is 9.20 Å². The van der Waals surface area contributed by atoms with Crippen LogP contribution in [0.4, 0.5) is 17.1 Å². The molecule has 0 fully saturated rings. The van der Waals surface area contributed by atoms with E-state index in [4.69, 9.17) is 0 Å². The summed E-state index contributed by atoms with van der Waals surface area (Å²) in [6.45, 7) is 1.78. The summed E-state index contributed by atoms with van der Waals surface area (Å²) in [5, 5.41) is 16.7. The molecule has 5 rings (SSSR count). The number of imidazole rings is 1. The number of nitrogens with zero attached hydrogens (tertiary/aromatic N) is 3. The third-order valence-corrected chi connectivity index (χ3v) is 5.44. The summed E-state index contributed by atoms with van der Waals surface area (Å²) in [5.41, 5.74) is 5.37. The summed E-state index contributed by atoms with van der Waals surface area (Å²) in [6, 6.07) is 27.3. The van der Waals surface area contributed by atoms with Crippen molar-refractivity contribution in [2.24, 2.45) is 0 Å². The van der Waals surface area contributed by atoms with Crippen LogP contribution in [0.3, 0.4) is 0 Å². The van der Waals surface area contributed by atoms with Crippen molar-refractivity contribution in [2.75, 3.05) is 10.6 Å². The first-order valence-corrected chi connectivity index (χ1v) is 10.2. The summed E-state index contributed by atoms with van der Waals surface area (Å²) < 4.78 is 1.52. The quantitative estimate of drug-likeness (QED) is 0.455. The Labute approximate surface area is 184 Å². The zero-order chi connectivity index (χ0) is 22.1. The molecule has 0 aliphatic heterocycles. The van der Waals surface area contributed by atoms with Crippen LogP contribution < -0.4 is 21.4 Å². The molecular formula is C26H19N5O. The molecule has 5 aromatic rings. The van der Waals surface area contributed by atoms with Gasteiger partial charge in [-0.25, -0.2) is 4.98 Å². The molecule has 3 aromatic carbocycles. The molecule has 6 heteroatoms. The predicted molar refractivity (Wildman–Crippen MR) is 128 cm³/mol. The maximum absolute atomic E-state index is 13.3. The number of anilines is 3. The Morgan fingerprint density at radius 1 is 0.906 bits per heavy atom. The summed E-state index contributed by atoms with van der Waals surface area (Å²) in [6.07, 6.45) is 1.66. The fraction of sp³-hybridized carbons (Fsp3) is 0.0385. The maximum atomic E-state index is 13.3. The number of pyridine rings is 1. The van der Waals surface area contributed by atoms with Crippen molar-refractivity contribution in [3.8, 4) is 6.07 Å². The van der Waals surface area contributed by atoms with Crippen molar-refractivity contribution < 1.29 is 0 Å². The number of para-hydroxylation sites is 3. The van der Waals surface area contributed by atoms with Crippen molar-refractivity contribution in [1.29, 1.82) is 5.26 Å². The molecule has 0 aliphatic carbocycles. The van der Waals surface area contributed by atoms with Crippen LogP contribution in [0.15, 0.2) is 83.7 Å². The lowest BCUT2D eigenvalue weighted by molar-refractivity contribution is 1.10. The van der Waals surface area contributed by atoms with Gasteiger partial charge in [0.15, 0.2) is 5.65 Å². The van der Waals surface area contributed by atoms with E-state index < -0.39 is 0 Å². The molecule has 2 heterocycles. The van der Waals surface area contributed by atoms with Crippen LogP contribution in [0, 0.1) is 18.3 Å². The third kappa shape index (κ3) is 3.32. The monoisotopic (exact) mass is 417 g/mol. The minimum Gasteiger partial charge on any atom is -0.361 e. The Balaban J connectivity index is 1.53. The van der Waals surface area contributed by atoms with Gasteiger partial charge in [-0.15, -0.1) is 0 Å². The Bertz CT molecular complexity index is 1600. The molecule has 6 nitrogen and oxygen atoms in total. The second-order valence-electron chi connectivity index (χ2n) is 7.45. The highest BCUT2D eigenvalue weighted by Gasteiger charge is 2.15. The smallest absolute Gasteiger partial charge is 0.265 e. The molecule has 0 saturated heterocycles. The lowest BCUT2D eigenvalue weighted by atomic mass is 10.1. The number of nitrogens with one attached hydrogen (secondary N) is 2. The zero-order valence-corrected chi connectivity index (χ0v) is 17.3. The number of nitriles is 1. The number of rotatable bonds is 4. The van der Waals surface area contributed by atoms with E-state index in [0.717, 1.165) is 17.1 Å². The standard InChI is InChI=1S/C26H19N5O/c1-17-21(15-27)25-30-23-9-5-6-10-24(23)31(25)26(32)22(17)16-28-18-11-13-20(14-12-18)29-19-7-3-2-4-8-19/h2-14,16,28-29H,1H3. The van der Waals surface area contributed by atoms with Crippen molar-refractivity contribution in [1.82, 2.24) is 9.38 Å². The molecule has 0 radical (unpaired) electrons. The first-order chi connectivity index (χ1) is 15.7. The van der Waals surface area contributed by atoms with E-state index in [0.29, 0.717) is 33.0 Å². The number of hydrogen-bond donors (Lipinski definition) is 2. The Morgan fingerprint density at radius 2 is 1.56 bits per heavy atom. The van der Waals surface area contributed by atoms with Gasteiger partial charge >= 0.3 is 0 Å². The topological polar surface area (TPSA) is 82.2 Å². The van der Waals surface area contributed by atoms with Crippen molar-refractivity contribution in [3.63, 3.8) is 0 Å². The lowest BCUT2D eigenvalue weighted by Gasteiger charge is -2.08. The highest BCUT2D eigenvalue weighted by atomic mass is 16.1. The molecule has 2 N–H and O–H groups in total. The molecule has 0 spiro atoms. The van der Waals surface area contributed by atoms with Gasteiger partial charge in [-0.1, -0.05) is 30.3 Å². The van der Waals surface area contributed by atoms with Gasteiger partial charge in [0.25, 0.3) is 5.56 Å². The second kappa shape index (κ2) is 7.89. The van der Waals surface area contributed by atoms with E-state index in [2.05, 4.69) is 21.7 Å². The van der Waals surface area contributed by atoms with Crippen LogP contribution in [0.5, 0.6) is 0 Å². The number of aromatic nitrogens is 2. The van der Waals surface area contributed by atoms with Crippen LogP contribution >= 0.6 is 0 Å². The number of fused-ring (bicyclic) bond motifs is 3. The molecule has 0 aliphatic rings. The first kappa shape index (κ1) is 19.3. The van der Waals surface area contributed by atoms with E-state index in [1.165, 1.54) is 4.40 Å². The average Bonchev–Trinajstić information content (AvgIpc) is 3.20. The molecule has 0 bridgehead atoms. The fourth-order valence-corrected chi connectivity index (χ4v) is 3.78. The highest BCUT2D eigenvalue weighted by molar-refractivity contribution is 5.82. The molecule has 154 valence electrons. The van der Waals surface area contributed by atoms with Gasteiger partial charge in [0.1, 0.15) is 6.07 Å². The van der Waals surface area contributed by atoms with Crippen molar-refractivity contribution in [2.45, 2.75) is 6.92 Å². The van der Waals surface area contributed by atoms with Gasteiger partial charge < -0.3 is 10.6 Å². The molecule has 0 amide bonds. The average molecular weight is 417 g/mol. The van der Waals surface area contributed by atoms with Crippen LogP contribution in [0.1, 0.15) is 11.1 Å². The predicted octanol–water partition coefficient (Wildman–Crippen LogP) is 4.34. The fourth-order valence-electron chi connectivity index (χ4n) is 3.78. The van der Waals surface area contributed by atoms with E-state index in [1.807, 2.05) is 78.9 Å². The van der Waals surface area contributed by atoms with Crippen molar-refractivity contribution in [3.05, 3.63) is 106 Å². The molecule has 0 unspecified atom stereocenters. The maximum Gasteiger partial charge on any atom is 0.265 e. The summed E-state index contributed by atoms with van der Waals surface area (Å²) in [7, 11) is 0. The van der Waals surface area contributed by atoms with Crippen LogP contribution in [0.2, 0.25) is 0 Å². The molecule has 2 aromatic heterocycles. The molecule has 32 heavy (non-hydrogen) atoms. The summed E-state index contributed by atoms with van der Waals surface area (Å²) >= 11 is 0. The lowest BCUT2D eigenvalue weighted by Crippen LogP contribution is -2.34. The van der Waals surface area contributed by atoms with Crippen LogP contribution in [0.25, 0.3) is 22.9 Å². The van der Waals surface area contributed by atoms with E-state index in [-0.39, 0.29) is 5.56 Å². The van der Waals surface area contributed by atoms with E-state index >= 15 is 0 Å². The largest absolute Gasteiger partial charge is 0.361 e. The Morgan fingerprint density at radius 3 is 2.31 bits per heavy atom. The van der Waals surface area contributed by atoms with E-state index in [9.17, 15) is 10.1 Å². The van der Waals surface area contributed by atoms with Gasteiger partial charge in [-0.05, 0) is 61.0 Å². The van der Waals surface area contributed by atoms with Gasteiger partial charge in [0, 0.05) is 23.3 Å². The normalized spacial score (nSPS) is 11.6. The van der Waals surface area contributed by atoms with Gasteiger partial charge in [0.05, 0.1) is 21.8 Å². The van der Waals surface area contributed by atoms with Crippen LogP contribution in [-0.4, -0.2) is 9.38 Å². The van der Waals surface area contributed by atoms with Gasteiger partial charge in [-0.2, -0.15) is 5.26 Å². The second-order valence-corrected chi connectivity index (χ2v) is 7.45. The number of benzene rings is 3. The molecule has 0 saturated carbocycles. The molecule has 0 atom stereocenters.